The molecule has 2 rings (SSSR count). The van der Waals surface area contributed by atoms with E-state index in [-0.39, 0.29) is 17.2 Å². The lowest BCUT2D eigenvalue weighted by Gasteiger charge is -2.06. The zero-order valence-corrected chi connectivity index (χ0v) is 13.7. The first kappa shape index (κ1) is 18.9. The molecule has 0 heterocycles. The summed E-state index contributed by atoms with van der Waals surface area (Å²) >= 11 is 0. The summed E-state index contributed by atoms with van der Waals surface area (Å²) in [5, 5.41) is 11.6. The van der Waals surface area contributed by atoms with Crippen LogP contribution >= 0.6 is 0 Å². The summed E-state index contributed by atoms with van der Waals surface area (Å²) in [6.07, 6.45) is 2.49. The first-order chi connectivity index (χ1) is 12.4. The van der Waals surface area contributed by atoms with Crippen molar-refractivity contribution in [2.75, 3.05) is 19.0 Å². The molecule has 0 saturated carbocycles. The Kier molecular flexibility index (Phi) is 6.26. The van der Waals surface area contributed by atoms with Gasteiger partial charge in [0.15, 0.2) is 18.1 Å². The number of phenolic OH excluding ortho intramolecular Hbond substituents is 1. The van der Waals surface area contributed by atoms with Gasteiger partial charge in [0, 0.05) is 12.1 Å². The van der Waals surface area contributed by atoms with E-state index in [1.807, 2.05) is 0 Å². The van der Waals surface area contributed by atoms with Gasteiger partial charge in [0.05, 0.1) is 12.8 Å². The average molecular weight is 363 g/mol. The van der Waals surface area contributed by atoms with Crippen LogP contribution < -0.4 is 10.1 Å². The summed E-state index contributed by atoms with van der Waals surface area (Å²) in [6.45, 7) is -0.640. The molecule has 0 bridgehead atoms. The van der Waals surface area contributed by atoms with Gasteiger partial charge in [-0.3, -0.25) is 4.79 Å². The SMILES string of the molecule is COc1cc(/C=C/C(=O)OCC(=O)Nc2ccc(F)cc2F)ccc1O. The van der Waals surface area contributed by atoms with Crippen LogP contribution in [0.4, 0.5) is 14.5 Å². The number of phenols is 1. The van der Waals surface area contributed by atoms with Gasteiger partial charge in [-0.05, 0) is 35.9 Å². The fourth-order valence-corrected chi connectivity index (χ4v) is 1.92. The molecule has 0 aliphatic rings. The molecule has 0 radical (unpaired) electrons. The number of hydrogen-bond donors (Lipinski definition) is 2. The minimum Gasteiger partial charge on any atom is -0.504 e. The number of rotatable bonds is 6. The standard InChI is InChI=1S/C18H15F2NO5/c1-25-16-8-11(2-6-15(16)22)3-7-18(24)26-10-17(23)21-14-5-4-12(19)9-13(14)20/h2-9,22H,10H2,1H3,(H,21,23)/b7-3+. The first-order valence-electron chi connectivity index (χ1n) is 7.36. The third-order valence-electron chi connectivity index (χ3n) is 3.17. The fourth-order valence-electron chi connectivity index (χ4n) is 1.92. The van der Waals surface area contributed by atoms with Gasteiger partial charge in [0.2, 0.25) is 0 Å². The molecule has 0 aliphatic carbocycles. The van der Waals surface area contributed by atoms with Crippen molar-refractivity contribution in [2.45, 2.75) is 0 Å². The monoisotopic (exact) mass is 363 g/mol. The molecule has 0 spiro atoms. The average Bonchev–Trinajstić information content (AvgIpc) is 2.61. The lowest BCUT2D eigenvalue weighted by molar-refractivity contribution is -0.142. The van der Waals surface area contributed by atoms with E-state index in [9.17, 15) is 23.5 Å². The van der Waals surface area contributed by atoms with Crippen LogP contribution in [0, 0.1) is 11.6 Å². The Bertz CT molecular complexity index is 851. The Morgan fingerprint density at radius 2 is 1.96 bits per heavy atom. The van der Waals surface area contributed by atoms with Crippen molar-refractivity contribution in [3.05, 3.63) is 59.7 Å². The molecular weight excluding hydrogens is 348 g/mol. The van der Waals surface area contributed by atoms with Crippen LogP contribution in [-0.4, -0.2) is 30.7 Å². The lowest BCUT2D eigenvalue weighted by atomic mass is 10.2. The second kappa shape index (κ2) is 8.61. The summed E-state index contributed by atoms with van der Waals surface area (Å²) < 4.78 is 35.9. The number of hydrogen-bond acceptors (Lipinski definition) is 5. The number of aromatic hydroxyl groups is 1. The zero-order chi connectivity index (χ0) is 19.1. The number of halogens is 2. The predicted octanol–water partition coefficient (Wildman–Crippen LogP) is 2.87. The number of amides is 1. The highest BCUT2D eigenvalue weighted by Gasteiger charge is 2.10. The second-order valence-corrected chi connectivity index (χ2v) is 5.04. The van der Waals surface area contributed by atoms with Gasteiger partial charge in [0.25, 0.3) is 5.91 Å². The van der Waals surface area contributed by atoms with Crippen LogP contribution in [0.15, 0.2) is 42.5 Å². The van der Waals surface area contributed by atoms with E-state index >= 15 is 0 Å². The van der Waals surface area contributed by atoms with Crippen LogP contribution in [0.2, 0.25) is 0 Å². The maximum atomic E-state index is 13.4. The van der Waals surface area contributed by atoms with Gasteiger partial charge in [-0.25, -0.2) is 13.6 Å². The third kappa shape index (κ3) is 5.30. The maximum absolute atomic E-state index is 13.4. The molecule has 0 aliphatic heterocycles. The Balaban J connectivity index is 1.87. The van der Waals surface area contributed by atoms with Crippen LogP contribution in [0.25, 0.3) is 6.08 Å². The van der Waals surface area contributed by atoms with Crippen molar-refractivity contribution in [3.8, 4) is 11.5 Å². The van der Waals surface area contributed by atoms with Crippen LogP contribution in [0.1, 0.15) is 5.56 Å². The number of esters is 1. The summed E-state index contributed by atoms with van der Waals surface area (Å²) in [6, 6.07) is 7.11. The number of carbonyl (C=O) groups is 2. The maximum Gasteiger partial charge on any atom is 0.331 e. The molecule has 2 aromatic rings. The Hall–Kier alpha value is -3.42. The number of carbonyl (C=O) groups excluding carboxylic acids is 2. The molecular formula is C18H15F2NO5. The third-order valence-corrected chi connectivity index (χ3v) is 3.17. The smallest absolute Gasteiger partial charge is 0.331 e. The molecule has 0 atom stereocenters. The summed E-state index contributed by atoms with van der Waals surface area (Å²) in [4.78, 5) is 23.2. The van der Waals surface area contributed by atoms with E-state index in [1.165, 1.54) is 25.3 Å². The molecule has 8 heteroatoms. The topological polar surface area (TPSA) is 84.9 Å². The first-order valence-corrected chi connectivity index (χ1v) is 7.36. The van der Waals surface area contributed by atoms with Gasteiger partial charge in [-0.1, -0.05) is 6.07 Å². The Morgan fingerprint density at radius 1 is 1.19 bits per heavy atom. The molecule has 26 heavy (non-hydrogen) atoms. The molecule has 6 nitrogen and oxygen atoms in total. The number of methoxy groups -OCH3 is 1. The van der Waals surface area contributed by atoms with Crippen molar-refractivity contribution >= 4 is 23.6 Å². The van der Waals surface area contributed by atoms with Crippen LogP contribution in [-0.2, 0) is 14.3 Å². The van der Waals surface area contributed by atoms with Gasteiger partial charge in [-0.15, -0.1) is 0 Å². The minimum atomic E-state index is -0.939. The minimum absolute atomic E-state index is 0.0445. The van der Waals surface area contributed by atoms with Gasteiger partial charge in [0.1, 0.15) is 11.6 Å². The van der Waals surface area contributed by atoms with Crippen LogP contribution in [0.5, 0.6) is 11.5 Å². The number of ether oxygens (including phenoxy) is 2. The van der Waals surface area contributed by atoms with E-state index in [4.69, 9.17) is 9.47 Å². The summed E-state index contributed by atoms with van der Waals surface area (Å²) in [5.41, 5.74) is 0.341. The number of anilines is 1. The zero-order valence-electron chi connectivity index (χ0n) is 13.7. The largest absolute Gasteiger partial charge is 0.504 e. The normalized spacial score (nSPS) is 10.6. The quantitative estimate of drug-likeness (QED) is 0.609. The van der Waals surface area contributed by atoms with Crippen molar-refractivity contribution in [1.82, 2.24) is 0 Å². The van der Waals surface area contributed by atoms with Crippen molar-refractivity contribution in [1.29, 1.82) is 0 Å². The second-order valence-electron chi connectivity index (χ2n) is 5.04. The van der Waals surface area contributed by atoms with Gasteiger partial charge in [-0.2, -0.15) is 0 Å². The van der Waals surface area contributed by atoms with E-state index in [2.05, 4.69) is 5.32 Å². The van der Waals surface area contributed by atoms with Crippen molar-refractivity contribution in [3.63, 3.8) is 0 Å². The summed E-state index contributed by atoms with van der Waals surface area (Å²) in [7, 11) is 1.39. The lowest BCUT2D eigenvalue weighted by Crippen LogP contribution is -2.20. The highest BCUT2D eigenvalue weighted by atomic mass is 19.1. The number of nitrogens with one attached hydrogen (secondary N) is 1. The predicted molar refractivity (Wildman–Crippen MR) is 89.6 cm³/mol. The van der Waals surface area contributed by atoms with E-state index < -0.39 is 30.1 Å². The summed E-state index contributed by atoms with van der Waals surface area (Å²) in [5.74, 6) is -3.10. The van der Waals surface area contributed by atoms with Crippen molar-refractivity contribution in [2.24, 2.45) is 0 Å². The van der Waals surface area contributed by atoms with Gasteiger partial charge < -0.3 is 19.9 Å². The van der Waals surface area contributed by atoms with Gasteiger partial charge >= 0.3 is 5.97 Å². The molecule has 0 unspecified atom stereocenters. The van der Waals surface area contributed by atoms with Crippen LogP contribution in [0.3, 0.4) is 0 Å². The molecule has 0 fully saturated rings. The molecule has 2 aromatic carbocycles. The van der Waals surface area contributed by atoms with Crippen molar-refractivity contribution < 1.29 is 33.0 Å². The van der Waals surface area contributed by atoms with E-state index in [1.54, 1.807) is 6.07 Å². The molecule has 2 N–H and O–H groups in total. The Labute approximate surface area is 147 Å². The highest BCUT2D eigenvalue weighted by Crippen LogP contribution is 2.26. The number of benzene rings is 2. The fraction of sp³-hybridized carbons (Fsp3) is 0.111. The molecule has 136 valence electrons. The highest BCUT2D eigenvalue weighted by molar-refractivity contribution is 5.94. The Morgan fingerprint density at radius 3 is 2.65 bits per heavy atom. The molecule has 0 aromatic heterocycles. The van der Waals surface area contributed by atoms with E-state index in [0.717, 1.165) is 18.2 Å². The van der Waals surface area contributed by atoms with E-state index in [0.29, 0.717) is 11.6 Å². The molecule has 0 saturated heterocycles. The molecule has 1 amide bonds.